The summed E-state index contributed by atoms with van der Waals surface area (Å²) in [5, 5.41) is 2.96. The minimum Gasteiger partial charge on any atom is -0.387 e. The molecule has 1 N–H and O–H groups in total. The van der Waals surface area contributed by atoms with Gasteiger partial charge in [0.2, 0.25) is 10.0 Å². The molecule has 1 aliphatic rings. The van der Waals surface area contributed by atoms with E-state index >= 15 is 0 Å². The van der Waals surface area contributed by atoms with Gasteiger partial charge in [0.25, 0.3) is 0 Å². The lowest BCUT2D eigenvalue weighted by Crippen LogP contribution is -2.47. The first-order valence-corrected chi connectivity index (χ1v) is 8.23. The molecule has 0 bridgehead atoms. The third kappa shape index (κ3) is 2.62. The van der Waals surface area contributed by atoms with Crippen LogP contribution in [0.4, 0.5) is 5.69 Å². The largest absolute Gasteiger partial charge is 0.387 e. The van der Waals surface area contributed by atoms with Gasteiger partial charge in [-0.15, -0.1) is 0 Å². The summed E-state index contributed by atoms with van der Waals surface area (Å²) in [6.45, 7) is 3.99. The lowest BCUT2D eigenvalue weighted by Gasteiger charge is -2.38. The van der Waals surface area contributed by atoms with Crippen molar-refractivity contribution in [3.63, 3.8) is 0 Å². The summed E-state index contributed by atoms with van der Waals surface area (Å²) in [5.74, 6) is 0. The van der Waals surface area contributed by atoms with E-state index in [0.29, 0.717) is 10.6 Å². The summed E-state index contributed by atoms with van der Waals surface area (Å²) in [7, 11) is -1.68. The standard InChI is InChI=1S/C14H22N2O2S/c1-11-7-6-8-12(2)16(11)19(17,18)14-10-5-4-9-13(14)15-3/h4-5,9-12,15H,6-8H2,1-3H3/t11-,12+. The lowest BCUT2D eigenvalue weighted by atomic mass is 10.0. The second-order valence-corrected chi connectivity index (χ2v) is 7.02. The molecule has 2 atom stereocenters. The van der Waals surface area contributed by atoms with E-state index in [4.69, 9.17) is 0 Å². The Bertz CT molecular complexity index is 532. The summed E-state index contributed by atoms with van der Waals surface area (Å²) >= 11 is 0. The van der Waals surface area contributed by atoms with Crippen LogP contribution in [0.2, 0.25) is 0 Å². The second-order valence-electron chi connectivity index (χ2n) is 5.21. The smallest absolute Gasteiger partial charge is 0.245 e. The minimum atomic E-state index is -3.43. The molecule has 1 aliphatic heterocycles. The topological polar surface area (TPSA) is 49.4 Å². The first kappa shape index (κ1) is 14.3. The molecule has 0 unspecified atom stereocenters. The molecule has 0 radical (unpaired) electrons. The fraction of sp³-hybridized carbons (Fsp3) is 0.571. The first-order valence-electron chi connectivity index (χ1n) is 6.78. The monoisotopic (exact) mass is 282 g/mol. The molecule has 1 aromatic carbocycles. The van der Waals surface area contributed by atoms with Gasteiger partial charge in [-0.25, -0.2) is 8.42 Å². The molecule has 1 heterocycles. The highest BCUT2D eigenvalue weighted by atomic mass is 32.2. The van der Waals surface area contributed by atoms with Crippen molar-refractivity contribution >= 4 is 15.7 Å². The van der Waals surface area contributed by atoms with Crippen molar-refractivity contribution in [3.05, 3.63) is 24.3 Å². The Labute approximate surface area is 115 Å². The Morgan fingerprint density at radius 3 is 2.32 bits per heavy atom. The van der Waals surface area contributed by atoms with E-state index in [1.54, 1.807) is 29.6 Å². The SMILES string of the molecule is CNc1ccccc1S(=O)(=O)N1[C@H](C)CCC[C@@H]1C. The summed E-state index contributed by atoms with van der Waals surface area (Å²) in [4.78, 5) is 0.373. The van der Waals surface area contributed by atoms with Gasteiger partial charge < -0.3 is 5.32 Å². The van der Waals surface area contributed by atoms with Gasteiger partial charge in [-0.1, -0.05) is 18.6 Å². The van der Waals surface area contributed by atoms with Crippen LogP contribution in [0, 0.1) is 0 Å². The third-order valence-corrected chi connectivity index (χ3v) is 6.01. The Morgan fingerprint density at radius 1 is 1.16 bits per heavy atom. The zero-order valence-corrected chi connectivity index (χ0v) is 12.6. The highest BCUT2D eigenvalue weighted by molar-refractivity contribution is 7.89. The second kappa shape index (κ2) is 5.51. The van der Waals surface area contributed by atoms with Crippen molar-refractivity contribution in [2.45, 2.75) is 50.1 Å². The van der Waals surface area contributed by atoms with E-state index in [1.165, 1.54) is 0 Å². The maximum Gasteiger partial charge on any atom is 0.245 e. The Kier molecular flexibility index (Phi) is 4.16. The average Bonchev–Trinajstić information content (AvgIpc) is 2.38. The number of anilines is 1. The van der Waals surface area contributed by atoms with Crippen LogP contribution in [0.5, 0.6) is 0 Å². The predicted molar refractivity (Wildman–Crippen MR) is 77.8 cm³/mol. The highest BCUT2D eigenvalue weighted by Crippen LogP contribution is 2.32. The van der Waals surface area contributed by atoms with Crippen molar-refractivity contribution in [3.8, 4) is 0 Å². The van der Waals surface area contributed by atoms with Gasteiger partial charge in [-0.05, 0) is 38.8 Å². The molecule has 4 nitrogen and oxygen atoms in total. The van der Waals surface area contributed by atoms with E-state index < -0.39 is 10.0 Å². The van der Waals surface area contributed by atoms with Crippen LogP contribution in [0.25, 0.3) is 0 Å². The molecule has 106 valence electrons. The number of nitrogens with one attached hydrogen (secondary N) is 1. The molecule has 0 aromatic heterocycles. The number of benzene rings is 1. The number of piperidine rings is 1. The van der Waals surface area contributed by atoms with Crippen LogP contribution in [-0.4, -0.2) is 31.9 Å². The summed E-state index contributed by atoms with van der Waals surface area (Å²) < 4.78 is 27.4. The van der Waals surface area contributed by atoms with Gasteiger partial charge in [-0.2, -0.15) is 4.31 Å². The van der Waals surface area contributed by atoms with Crippen LogP contribution < -0.4 is 5.32 Å². The first-order chi connectivity index (χ1) is 8.98. The Hall–Kier alpha value is -1.07. The summed E-state index contributed by atoms with van der Waals surface area (Å²) in [6.07, 6.45) is 2.97. The van der Waals surface area contributed by atoms with Crippen LogP contribution >= 0.6 is 0 Å². The maximum absolute atomic E-state index is 12.9. The minimum absolute atomic E-state index is 0.0682. The molecular weight excluding hydrogens is 260 g/mol. The number of sulfonamides is 1. The molecule has 1 fully saturated rings. The molecule has 1 saturated heterocycles. The van der Waals surface area contributed by atoms with E-state index in [-0.39, 0.29) is 12.1 Å². The predicted octanol–water partition coefficient (Wildman–Crippen LogP) is 2.68. The molecular formula is C14H22N2O2S. The van der Waals surface area contributed by atoms with Gasteiger partial charge in [0.15, 0.2) is 0 Å². The average molecular weight is 282 g/mol. The third-order valence-electron chi connectivity index (χ3n) is 3.82. The highest BCUT2D eigenvalue weighted by Gasteiger charge is 2.36. The van der Waals surface area contributed by atoms with Crippen molar-refractivity contribution in [1.29, 1.82) is 0 Å². The van der Waals surface area contributed by atoms with Gasteiger partial charge in [0.1, 0.15) is 4.90 Å². The number of hydrogen-bond acceptors (Lipinski definition) is 3. The van der Waals surface area contributed by atoms with E-state index in [2.05, 4.69) is 5.32 Å². The fourth-order valence-corrected chi connectivity index (χ4v) is 4.97. The number of para-hydroxylation sites is 1. The summed E-state index contributed by atoms with van der Waals surface area (Å²) in [6, 6.07) is 7.22. The quantitative estimate of drug-likeness (QED) is 0.927. The molecule has 5 heteroatoms. The van der Waals surface area contributed by atoms with Crippen molar-refractivity contribution < 1.29 is 8.42 Å². The van der Waals surface area contributed by atoms with Gasteiger partial charge in [0, 0.05) is 19.1 Å². The number of nitrogens with zero attached hydrogens (tertiary/aromatic N) is 1. The molecule has 2 rings (SSSR count). The van der Waals surface area contributed by atoms with Gasteiger partial charge >= 0.3 is 0 Å². The lowest BCUT2D eigenvalue weighted by molar-refractivity contribution is 0.204. The fourth-order valence-electron chi connectivity index (χ4n) is 2.88. The zero-order chi connectivity index (χ0) is 14.0. The summed E-state index contributed by atoms with van der Waals surface area (Å²) in [5.41, 5.74) is 0.660. The van der Waals surface area contributed by atoms with E-state index in [0.717, 1.165) is 19.3 Å². The maximum atomic E-state index is 12.9. The van der Waals surface area contributed by atoms with Crippen LogP contribution in [0.15, 0.2) is 29.2 Å². The molecule has 0 saturated carbocycles. The number of hydrogen-bond donors (Lipinski definition) is 1. The number of rotatable bonds is 3. The van der Waals surface area contributed by atoms with Crippen molar-refractivity contribution in [1.82, 2.24) is 4.31 Å². The van der Waals surface area contributed by atoms with Gasteiger partial charge in [0.05, 0.1) is 5.69 Å². The molecule has 1 aromatic rings. The van der Waals surface area contributed by atoms with Crippen LogP contribution in [-0.2, 0) is 10.0 Å². The van der Waals surface area contributed by atoms with Crippen LogP contribution in [0.3, 0.4) is 0 Å². The Morgan fingerprint density at radius 2 is 1.74 bits per heavy atom. The molecule has 0 aliphatic carbocycles. The Balaban J connectivity index is 2.46. The van der Waals surface area contributed by atoms with E-state index in [9.17, 15) is 8.42 Å². The van der Waals surface area contributed by atoms with E-state index in [1.807, 2.05) is 19.9 Å². The molecule has 0 amide bonds. The van der Waals surface area contributed by atoms with Crippen LogP contribution in [0.1, 0.15) is 33.1 Å². The van der Waals surface area contributed by atoms with Crippen molar-refractivity contribution in [2.75, 3.05) is 12.4 Å². The van der Waals surface area contributed by atoms with Crippen molar-refractivity contribution in [2.24, 2.45) is 0 Å². The normalized spacial score (nSPS) is 25.2. The molecule has 19 heavy (non-hydrogen) atoms. The van der Waals surface area contributed by atoms with Gasteiger partial charge in [-0.3, -0.25) is 0 Å². The molecule has 0 spiro atoms. The zero-order valence-electron chi connectivity index (χ0n) is 11.8.